The van der Waals surface area contributed by atoms with Gasteiger partial charge in [0.25, 0.3) is 0 Å². The van der Waals surface area contributed by atoms with Crippen molar-refractivity contribution < 1.29 is 9.53 Å². The summed E-state index contributed by atoms with van der Waals surface area (Å²) in [7, 11) is 1.54. The molecule has 3 rings (SSSR count). The average molecular weight is 287 g/mol. The minimum Gasteiger partial charge on any atom is -0.443 e. The SMILES string of the molecule is CNC(=O)OCc1c(-c2ccccc2)nc2sccn12. The molecular weight excluding hydrogens is 274 g/mol. The van der Waals surface area contributed by atoms with E-state index in [1.54, 1.807) is 11.3 Å². The molecule has 1 N–H and O–H groups in total. The Morgan fingerprint density at radius 3 is 2.95 bits per heavy atom. The highest BCUT2D eigenvalue weighted by Crippen LogP contribution is 2.27. The fourth-order valence-corrected chi connectivity index (χ4v) is 2.74. The zero-order chi connectivity index (χ0) is 13.9. The number of nitrogens with zero attached hydrogens (tertiary/aromatic N) is 2. The van der Waals surface area contributed by atoms with E-state index < -0.39 is 6.09 Å². The zero-order valence-electron chi connectivity index (χ0n) is 10.9. The second kappa shape index (κ2) is 5.34. The number of imidazole rings is 1. The molecule has 0 aliphatic rings. The van der Waals surface area contributed by atoms with E-state index in [0.29, 0.717) is 0 Å². The highest BCUT2D eigenvalue weighted by atomic mass is 32.1. The van der Waals surface area contributed by atoms with Crippen molar-refractivity contribution in [3.05, 3.63) is 47.6 Å². The number of aromatic nitrogens is 2. The summed E-state index contributed by atoms with van der Waals surface area (Å²) in [4.78, 5) is 16.8. The van der Waals surface area contributed by atoms with Crippen LogP contribution in [0.4, 0.5) is 4.79 Å². The lowest BCUT2D eigenvalue weighted by Gasteiger charge is -2.06. The maximum atomic E-state index is 11.3. The molecule has 1 aromatic carbocycles. The summed E-state index contributed by atoms with van der Waals surface area (Å²) in [6, 6.07) is 9.88. The molecule has 0 radical (unpaired) electrons. The third-order valence-corrected chi connectivity index (χ3v) is 3.71. The van der Waals surface area contributed by atoms with Crippen molar-refractivity contribution in [1.82, 2.24) is 14.7 Å². The van der Waals surface area contributed by atoms with Gasteiger partial charge in [-0.15, -0.1) is 11.3 Å². The summed E-state index contributed by atoms with van der Waals surface area (Å²) in [6.45, 7) is 0.182. The van der Waals surface area contributed by atoms with Crippen LogP contribution in [0.1, 0.15) is 5.69 Å². The Labute approximate surface area is 119 Å². The zero-order valence-corrected chi connectivity index (χ0v) is 11.7. The quantitative estimate of drug-likeness (QED) is 0.806. The van der Waals surface area contributed by atoms with Crippen LogP contribution in [0.2, 0.25) is 0 Å². The number of hydrogen-bond acceptors (Lipinski definition) is 4. The summed E-state index contributed by atoms with van der Waals surface area (Å²) < 4.78 is 7.12. The molecule has 2 heterocycles. The van der Waals surface area contributed by atoms with Crippen LogP contribution in [0.25, 0.3) is 16.2 Å². The molecule has 0 spiro atoms. The molecule has 0 unspecified atom stereocenters. The van der Waals surface area contributed by atoms with E-state index in [4.69, 9.17) is 4.74 Å². The van der Waals surface area contributed by atoms with E-state index in [9.17, 15) is 4.79 Å². The first-order valence-corrected chi connectivity index (χ1v) is 7.02. The van der Waals surface area contributed by atoms with Gasteiger partial charge in [-0.2, -0.15) is 0 Å². The molecule has 0 bridgehead atoms. The second-order valence-electron chi connectivity index (χ2n) is 4.15. The second-order valence-corrected chi connectivity index (χ2v) is 5.03. The number of nitrogens with one attached hydrogen (secondary N) is 1. The van der Waals surface area contributed by atoms with Crippen molar-refractivity contribution in [2.75, 3.05) is 7.05 Å². The number of thiazole rings is 1. The highest BCUT2D eigenvalue weighted by Gasteiger charge is 2.16. The molecule has 0 fully saturated rings. The minimum atomic E-state index is -0.450. The lowest BCUT2D eigenvalue weighted by Crippen LogP contribution is -2.19. The topological polar surface area (TPSA) is 55.6 Å². The van der Waals surface area contributed by atoms with E-state index in [-0.39, 0.29) is 6.61 Å². The van der Waals surface area contributed by atoms with E-state index in [1.165, 1.54) is 7.05 Å². The van der Waals surface area contributed by atoms with Gasteiger partial charge < -0.3 is 10.1 Å². The first-order chi connectivity index (χ1) is 9.79. The molecule has 0 saturated carbocycles. The van der Waals surface area contributed by atoms with Gasteiger partial charge in [-0.1, -0.05) is 30.3 Å². The van der Waals surface area contributed by atoms with Gasteiger partial charge in [-0.3, -0.25) is 4.40 Å². The Morgan fingerprint density at radius 1 is 1.40 bits per heavy atom. The predicted molar refractivity (Wildman–Crippen MR) is 77.7 cm³/mol. The fraction of sp³-hybridized carbons (Fsp3) is 0.143. The summed E-state index contributed by atoms with van der Waals surface area (Å²) >= 11 is 1.55. The maximum Gasteiger partial charge on any atom is 0.407 e. The van der Waals surface area contributed by atoms with Gasteiger partial charge in [0.15, 0.2) is 4.96 Å². The smallest absolute Gasteiger partial charge is 0.407 e. The van der Waals surface area contributed by atoms with Crippen molar-refractivity contribution in [3.63, 3.8) is 0 Å². The summed E-state index contributed by atoms with van der Waals surface area (Å²) in [5.41, 5.74) is 2.73. The number of amides is 1. The lowest BCUT2D eigenvalue weighted by molar-refractivity contribution is 0.140. The highest BCUT2D eigenvalue weighted by molar-refractivity contribution is 7.15. The summed E-state index contributed by atoms with van der Waals surface area (Å²) in [5.74, 6) is 0. The van der Waals surface area contributed by atoms with E-state index in [0.717, 1.165) is 21.9 Å². The standard InChI is InChI=1S/C14H13N3O2S/c1-15-14(18)19-9-11-12(10-5-3-2-4-6-10)16-13-17(11)7-8-20-13/h2-8H,9H2,1H3,(H,15,18). The van der Waals surface area contributed by atoms with E-state index in [2.05, 4.69) is 10.3 Å². The van der Waals surface area contributed by atoms with Crippen molar-refractivity contribution in [3.8, 4) is 11.3 Å². The molecule has 1 amide bonds. The van der Waals surface area contributed by atoms with Crippen LogP contribution in [0.3, 0.4) is 0 Å². The number of alkyl carbamates (subject to hydrolysis) is 1. The number of hydrogen-bond donors (Lipinski definition) is 1. The van der Waals surface area contributed by atoms with E-state index in [1.807, 2.05) is 46.3 Å². The number of carbonyl (C=O) groups is 1. The molecule has 0 aliphatic heterocycles. The Kier molecular flexibility index (Phi) is 3.39. The Hall–Kier alpha value is -2.34. The van der Waals surface area contributed by atoms with Crippen molar-refractivity contribution >= 4 is 22.4 Å². The monoisotopic (exact) mass is 287 g/mol. The largest absolute Gasteiger partial charge is 0.443 e. The van der Waals surface area contributed by atoms with Crippen LogP contribution in [-0.2, 0) is 11.3 Å². The third kappa shape index (κ3) is 2.25. The van der Waals surface area contributed by atoms with Gasteiger partial charge >= 0.3 is 6.09 Å². The van der Waals surface area contributed by atoms with Crippen LogP contribution in [0, 0.1) is 0 Å². The van der Waals surface area contributed by atoms with Crippen molar-refractivity contribution in [2.24, 2.45) is 0 Å². The van der Waals surface area contributed by atoms with Crippen LogP contribution in [-0.4, -0.2) is 22.5 Å². The molecule has 5 nitrogen and oxygen atoms in total. The Morgan fingerprint density at radius 2 is 2.20 bits per heavy atom. The van der Waals surface area contributed by atoms with Gasteiger partial charge in [0.1, 0.15) is 6.61 Å². The third-order valence-electron chi connectivity index (χ3n) is 2.95. The van der Waals surface area contributed by atoms with Gasteiger partial charge in [0.2, 0.25) is 0 Å². The van der Waals surface area contributed by atoms with Crippen LogP contribution in [0.15, 0.2) is 41.9 Å². The molecule has 0 atom stereocenters. The van der Waals surface area contributed by atoms with E-state index >= 15 is 0 Å². The van der Waals surface area contributed by atoms with Gasteiger partial charge in [-0.25, -0.2) is 9.78 Å². The molecule has 0 aliphatic carbocycles. The van der Waals surface area contributed by atoms with Gasteiger partial charge in [0, 0.05) is 24.2 Å². The number of fused-ring (bicyclic) bond motifs is 1. The molecule has 20 heavy (non-hydrogen) atoms. The van der Waals surface area contributed by atoms with Crippen molar-refractivity contribution in [2.45, 2.75) is 6.61 Å². The van der Waals surface area contributed by atoms with Crippen LogP contribution >= 0.6 is 11.3 Å². The molecule has 3 aromatic rings. The normalized spacial score (nSPS) is 10.7. The first kappa shape index (κ1) is 12.7. The maximum absolute atomic E-state index is 11.3. The predicted octanol–water partition coefficient (Wildman–Crippen LogP) is 2.92. The molecular formula is C14H13N3O2S. The molecule has 102 valence electrons. The summed E-state index contributed by atoms with van der Waals surface area (Å²) in [6.07, 6.45) is 1.48. The lowest BCUT2D eigenvalue weighted by atomic mass is 10.1. The minimum absolute atomic E-state index is 0.182. The number of ether oxygens (including phenoxy) is 1. The fourth-order valence-electron chi connectivity index (χ4n) is 2.00. The van der Waals surface area contributed by atoms with Crippen LogP contribution < -0.4 is 5.32 Å². The molecule has 6 heteroatoms. The van der Waals surface area contributed by atoms with Crippen molar-refractivity contribution in [1.29, 1.82) is 0 Å². The average Bonchev–Trinajstić information content (AvgIpc) is 3.06. The molecule has 2 aromatic heterocycles. The Bertz CT molecular complexity index is 733. The number of carbonyl (C=O) groups excluding carboxylic acids is 1. The first-order valence-electron chi connectivity index (χ1n) is 6.14. The van der Waals surface area contributed by atoms with Gasteiger partial charge in [-0.05, 0) is 0 Å². The summed E-state index contributed by atoms with van der Waals surface area (Å²) in [5, 5.41) is 4.40. The molecule has 0 saturated heterocycles. The number of rotatable bonds is 3. The van der Waals surface area contributed by atoms with Gasteiger partial charge in [0.05, 0.1) is 11.4 Å². The Balaban J connectivity index is 2.03. The van der Waals surface area contributed by atoms with Crippen LogP contribution in [0.5, 0.6) is 0 Å². The number of benzene rings is 1.